The molecule has 68 valence electrons. The van der Waals surface area contributed by atoms with Crippen molar-refractivity contribution < 1.29 is 4.79 Å². The van der Waals surface area contributed by atoms with Crippen LogP contribution in [0.4, 0.5) is 0 Å². The van der Waals surface area contributed by atoms with E-state index < -0.39 is 0 Å². The van der Waals surface area contributed by atoms with Crippen LogP contribution in [0.25, 0.3) is 0 Å². The van der Waals surface area contributed by atoms with Gasteiger partial charge in [0, 0.05) is 5.92 Å². The first kappa shape index (κ1) is 11.2. The molecule has 0 bridgehead atoms. The molecule has 0 rings (SSSR count). The molecule has 12 heavy (non-hydrogen) atoms. The van der Waals surface area contributed by atoms with Crippen LogP contribution in [-0.2, 0) is 4.79 Å². The fourth-order valence-corrected chi connectivity index (χ4v) is 1.18. The maximum atomic E-state index is 10.6. The molecule has 0 fully saturated rings. The molecule has 2 unspecified atom stereocenters. The van der Waals surface area contributed by atoms with Gasteiger partial charge in [0.25, 0.3) is 0 Å². The van der Waals surface area contributed by atoms with Crippen molar-refractivity contribution in [1.82, 2.24) is 0 Å². The molecule has 0 aliphatic heterocycles. The van der Waals surface area contributed by atoms with Gasteiger partial charge in [-0.15, -0.1) is 5.73 Å². The summed E-state index contributed by atoms with van der Waals surface area (Å²) in [5.41, 5.74) is 2.74. The van der Waals surface area contributed by atoms with Crippen LogP contribution in [0.15, 0.2) is 18.4 Å². The van der Waals surface area contributed by atoms with Crippen molar-refractivity contribution in [2.75, 3.05) is 0 Å². The molecule has 0 aliphatic rings. The Morgan fingerprint density at radius 2 is 2.00 bits per heavy atom. The van der Waals surface area contributed by atoms with Crippen molar-refractivity contribution in [3.8, 4) is 0 Å². The highest BCUT2D eigenvalue weighted by atomic mass is 16.1. The standard InChI is InChI=1S/C11H18O/c1-5-6-10(4)7-11(8-12)9(2)3/h6,8-11H,1,7H2,2-4H3. The van der Waals surface area contributed by atoms with Gasteiger partial charge in [0.2, 0.25) is 0 Å². The Hall–Kier alpha value is -0.810. The van der Waals surface area contributed by atoms with Gasteiger partial charge in [0.15, 0.2) is 0 Å². The Kier molecular flexibility index (Phi) is 5.40. The third kappa shape index (κ3) is 4.15. The first-order valence-corrected chi connectivity index (χ1v) is 4.43. The molecule has 0 saturated carbocycles. The molecule has 1 nitrogen and oxygen atoms in total. The summed E-state index contributed by atoms with van der Waals surface area (Å²) in [6.07, 6.45) is 3.88. The van der Waals surface area contributed by atoms with Crippen LogP contribution < -0.4 is 0 Å². The van der Waals surface area contributed by atoms with Gasteiger partial charge in [-0.2, -0.15) is 0 Å². The topological polar surface area (TPSA) is 17.1 Å². The molecule has 0 aromatic rings. The first-order valence-electron chi connectivity index (χ1n) is 4.43. The molecule has 0 radical (unpaired) electrons. The number of hydrogen-bond acceptors (Lipinski definition) is 1. The third-order valence-corrected chi connectivity index (χ3v) is 2.08. The van der Waals surface area contributed by atoms with Gasteiger partial charge in [-0.25, -0.2) is 0 Å². The fourth-order valence-electron chi connectivity index (χ4n) is 1.18. The van der Waals surface area contributed by atoms with E-state index >= 15 is 0 Å². The first-order chi connectivity index (χ1) is 5.61. The lowest BCUT2D eigenvalue weighted by Gasteiger charge is -2.16. The normalized spacial score (nSPS) is 15.0. The SMILES string of the molecule is C=C=CC(C)CC(C=O)C(C)C. The predicted octanol–water partition coefficient (Wildman–Crippen LogP) is 2.82. The van der Waals surface area contributed by atoms with Crippen LogP contribution in [0, 0.1) is 17.8 Å². The zero-order valence-corrected chi connectivity index (χ0v) is 8.21. The summed E-state index contributed by atoms with van der Waals surface area (Å²) < 4.78 is 0. The molecule has 2 atom stereocenters. The number of aldehydes is 1. The molecule has 0 saturated heterocycles. The third-order valence-electron chi connectivity index (χ3n) is 2.08. The van der Waals surface area contributed by atoms with Crippen molar-refractivity contribution in [2.24, 2.45) is 17.8 Å². The van der Waals surface area contributed by atoms with Gasteiger partial charge < -0.3 is 4.79 Å². The maximum absolute atomic E-state index is 10.6. The van der Waals surface area contributed by atoms with E-state index in [0.717, 1.165) is 12.7 Å². The molecule has 0 aromatic heterocycles. The van der Waals surface area contributed by atoms with Crippen LogP contribution in [-0.4, -0.2) is 6.29 Å². The molecule has 0 N–H and O–H groups in total. The summed E-state index contributed by atoms with van der Waals surface area (Å²) in [6, 6.07) is 0. The van der Waals surface area contributed by atoms with E-state index in [1.54, 1.807) is 0 Å². The Morgan fingerprint density at radius 3 is 2.33 bits per heavy atom. The predicted molar refractivity (Wildman–Crippen MR) is 51.9 cm³/mol. The minimum absolute atomic E-state index is 0.171. The number of allylic oxidation sites excluding steroid dienone is 1. The second kappa shape index (κ2) is 5.79. The van der Waals surface area contributed by atoms with Gasteiger partial charge in [0.05, 0.1) is 0 Å². The van der Waals surface area contributed by atoms with Crippen molar-refractivity contribution in [1.29, 1.82) is 0 Å². The van der Waals surface area contributed by atoms with E-state index in [2.05, 4.69) is 33.1 Å². The quantitative estimate of drug-likeness (QED) is 0.453. The van der Waals surface area contributed by atoms with E-state index in [1.807, 2.05) is 6.08 Å². The largest absolute Gasteiger partial charge is 0.303 e. The average molecular weight is 166 g/mol. The second-order valence-corrected chi connectivity index (χ2v) is 3.63. The molecule has 1 heteroatoms. The van der Waals surface area contributed by atoms with Crippen molar-refractivity contribution in [3.05, 3.63) is 18.4 Å². The zero-order chi connectivity index (χ0) is 9.56. The molecule has 0 aromatic carbocycles. The van der Waals surface area contributed by atoms with Crippen LogP contribution in [0.2, 0.25) is 0 Å². The minimum atomic E-state index is 0.171. The zero-order valence-electron chi connectivity index (χ0n) is 8.21. The Morgan fingerprint density at radius 1 is 1.42 bits per heavy atom. The van der Waals surface area contributed by atoms with Crippen LogP contribution in [0.1, 0.15) is 27.2 Å². The van der Waals surface area contributed by atoms with Gasteiger partial charge >= 0.3 is 0 Å². The highest BCUT2D eigenvalue weighted by Gasteiger charge is 2.14. The van der Waals surface area contributed by atoms with E-state index in [4.69, 9.17) is 0 Å². The number of carbonyl (C=O) groups excluding carboxylic acids is 1. The molecular weight excluding hydrogens is 148 g/mol. The van der Waals surface area contributed by atoms with E-state index in [0.29, 0.717) is 11.8 Å². The molecule has 0 heterocycles. The van der Waals surface area contributed by atoms with Gasteiger partial charge in [-0.05, 0) is 24.3 Å². The van der Waals surface area contributed by atoms with Crippen LogP contribution in [0.5, 0.6) is 0 Å². The van der Waals surface area contributed by atoms with Crippen molar-refractivity contribution in [3.63, 3.8) is 0 Å². The van der Waals surface area contributed by atoms with Crippen molar-refractivity contribution in [2.45, 2.75) is 27.2 Å². The number of carbonyl (C=O) groups is 1. The summed E-state index contributed by atoms with van der Waals surface area (Å²) in [7, 11) is 0. The lowest BCUT2D eigenvalue weighted by molar-refractivity contribution is -0.112. The van der Waals surface area contributed by atoms with Gasteiger partial charge in [-0.3, -0.25) is 0 Å². The minimum Gasteiger partial charge on any atom is -0.303 e. The number of hydrogen-bond donors (Lipinski definition) is 0. The van der Waals surface area contributed by atoms with Crippen LogP contribution >= 0.6 is 0 Å². The average Bonchev–Trinajstić information content (AvgIpc) is 2.00. The highest BCUT2D eigenvalue weighted by Crippen LogP contribution is 2.18. The summed E-state index contributed by atoms with van der Waals surface area (Å²) >= 11 is 0. The van der Waals surface area contributed by atoms with Crippen LogP contribution in [0.3, 0.4) is 0 Å². The van der Waals surface area contributed by atoms with Crippen molar-refractivity contribution >= 4 is 6.29 Å². The molecule has 0 amide bonds. The van der Waals surface area contributed by atoms with Gasteiger partial charge in [-0.1, -0.05) is 27.4 Å². The monoisotopic (exact) mass is 166 g/mol. The van der Waals surface area contributed by atoms with E-state index in [9.17, 15) is 4.79 Å². The highest BCUT2D eigenvalue weighted by molar-refractivity contribution is 5.53. The summed E-state index contributed by atoms with van der Waals surface area (Å²) in [5, 5.41) is 0. The molecule has 0 spiro atoms. The summed E-state index contributed by atoms with van der Waals surface area (Å²) in [6.45, 7) is 9.74. The van der Waals surface area contributed by atoms with E-state index in [1.165, 1.54) is 0 Å². The number of rotatable bonds is 5. The lowest BCUT2D eigenvalue weighted by Crippen LogP contribution is -2.13. The second-order valence-electron chi connectivity index (χ2n) is 3.63. The Balaban J connectivity index is 4.01. The lowest BCUT2D eigenvalue weighted by atomic mass is 9.88. The fraction of sp³-hybridized carbons (Fsp3) is 0.636. The van der Waals surface area contributed by atoms with E-state index in [-0.39, 0.29) is 5.92 Å². The molecule has 0 aliphatic carbocycles. The summed E-state index contributed by atoms with van der Waals surface area (Å²) in [4.78, 5) is 10.6. The summed E-state index contributed by atoms with van der Waals surface area (Å²) in [5.74, 6) is 1.01. The van der Waals surface area contributed by atoms with Gasteiger partial charge in [0.1, 0.15) is 6.29 Å². The maximum Gasteiger partial charge on any atom is 0.123 e. The Bertz CT molecular complexity index is 175. The smallest absolute Gasteiger partial charge is 0.123 e. The molecular formula is C11H18O. The Labute approximate surface area is 75.2 Å².